The SMILES string of the molecule is Nc1nc(OCC2OC(O)C(O)C2O)c2[nH]cnc2n1. The van der Waals surface area contributed by atoms with Crippen LogP contribution in [0.15, 0.2) is 6.33 Å². The quantitative estimate of drug-likeness (QED) is 0.419. The molecule has 20 heavy (non-hydrogen) atoms. The van der Waals surface area contributed by atoms with Crippen molar-refractivity contribution in [3.63, 3.8) is 0 Å². The zero-order chi connectivity index (χ0) is 14.3. The molecule has 0 bridgehead atoms. The monoisotopic (exact) mass is 283 g/mol. The number of nitrogens with two attached hydrogens (primary N) is 1. The van der Waals surface area contributed by atoms with E-state index >= 15 is 0 Å². The number of H-pyrrole nitrogens is 1. The summed E-state index contributed by atoms with van der Waals surface area (Å²) in [7, 11) is 0. The number of nitrogens with zero attached hydrogens (tertiary/aromatic N) is 3. The Morgan fingerprint density at radius 3 is 2.80 bits per heavy atom. The van der Waals surface area contributed by atoms with E-state index in [-0.39, 0.29) is 18.4 Å². The lowest BCUT2D eigenvalue weighted by molar-refractivity contribution is -0.131. The molecule has 0 aromatic carbocycles. The summed E-state index contributed by atoms with van der Waals surface area (Å²) in [6, 6.07) is 0. The lowest BCUT2D eigenvalue weighted by atomic mass is 10.1. The van der Waals surface area contributed by atoms with Crippen LogP contribution in [0, 0.1) is 0 Å². The van der Waals surface area contributed by atoms with E-state index in [0.29, 0.717) is 11.2 Å². The Morgan fingerprint density at radius 2 is 2.10 bits per heavy atom. The number of hydrogen-bond donors (Lipinski definition) is 5. The van der Waals surface area contributed by atoms with Crippen LogP contribution in [0.3, 0.4) is 0 Å². The molecule has 3 heterocycles. The van der Waals surface area contributed by atoms with E-state index < -0.39 is 24.6 Å². The number of aliphatic hydroxyl groups excluding tert-OH is 3. The molecule has 0 aliphatic carbocycles. The first-order valence-electron chi connectivity index (χ1n) is 5.85. The second-order valence-electron chi connectivity index (χ2n) is 4.35. The van der Waals surface area contributed by atoms with Gasteiger partial charge in [0.2, 0.25) is 11.8 Å². The summed E-state index contributed by atoms with van der Waals surface area (Å²) in [5.41, 5.74) is 6.32. The van der Waals surface area contributed by atoms with Gasteiger partial charge in [-0.3, -0.25) is 0 Å². The van der Waals surface area contributed by atoms with Crippen LogP contribution < -0.4 is 10.5 Å². The van der Waals surface area contributed by atoms with Gasteiger partial charge >= 0.3 is 0 Å². The number of aliphatic hydroxyl groups is 3. The molecule has 1 fully saturated rings. The minimum Gasteiger partial charge on any atom is -0.473 e. The van der Waals surface area contributed by atoms with Gasteiger partial charge < -0.3 is 35.5 Å². The number of ether oxygens (including phenoxy) is 2. The molecule has 3 rings (SSSR count). The van der Waals surface area contributed by atoms with Crippen molar-refractivity contribution in [1.29, 1.82) is 0 Å². The average molecular weight is 283 g/mol. The summed E-state index contributed by atoms with van der Waals surface area (Å²) in [5.74, 6) is 0.143. The maximum atomic E-state index is 9.64. The Bertz CT molecular complexity index is 619. The second-order valence-corrected chi connectivity index (χ2v) is 4.35. The molecule has 10 heteroatoms. The maximum Gasteiger partial charge on any atom is 0.245 e. The minimum atomic E-state index is -1.44. The zero-order valence-corrected chi connectivity index (χ0v) is 10.2. The number of nitrogen functional groups attached to an aromatic ring is 1. The summed E-state index contributed by atoms with van der Waals surface area (Å²) in [6.45, 7) is -0.125. The molecule has 4 unspecified atom stereocenters. The van der Waals surface area contributed by atoms with Crippen molar-refractivity contribution >= 4 is 17.1 Å². The molecule has 108 valence electrons. The van der Waals surface area contributed by atoms with Crippen molar-refractivity contribution in [3.8, 4) is 5.88 Å². The van der Waals surface area contributed by atoms with Crippen molar-refractivity contribution < 1.29 is 24.8 Å². The van der Waals surface area contributed by atoms with Gasteiger partial charge in [0.15, 0.2) is 11.9 Å². The topological polar surface area (TPSA) is 160 Å². The van der Waals surface area contributed by atoms with Crippen molar-refractivity contribution in [2.75, 3.05) is 12.3 Å². The van der Waals surface area contributed by atoms with Gasteiger partial charge in [0, 0.05) is 0 Å². The van der Waals surface area contributed by atoms with Gasteiger partial charge in [-0.25, -0.2) is 4.98 Å². The molecular formula is C10H13N5O5. The van der Waals surface area contributed by atoms with Gasteiger partial charge in [0.25, 0.3) is 0 Å². The van der Waals surface area contributed by atoms with Crippen molar-refractivity contribution in [3.05, 3.63) is 6.33 Å². The smallest absolute Gasteiger partial charge is 0.245 e. The number of nitrogens with one attached hydrogen (secondary N) is 1. The largest absolute Gasteiger partial charge is 0.473 e. The number of fused-ring (bicyclic) bond motifs is 1. The van der Waals surface area contributed by atoms with Gasteiger partial charge in [0.05, 0.1) is 6.33 Å². The number of rotatable bonds is 3. The highest BCUT2D eigenvalue weighted by Crippen LogP contribution is 2.23. The minimum absolute atomic E-state index is 0.00689. The first-order valence-corrected chi connectivity index (χ1v) is 5.85. The Labute approximate surface area is 112 Å². The molecule has 6 N–H and O–H groups in total. The lowest BCUT2D eigenvalue weighted by Crippen LogP contribution is -2.35. The number of aromatic nitrogens is 4. The zero-order valence-electron chi connectivity index (χ0n) is 10.2. The summed E-state index contributed by atoms with van der Waals surface area (Å²) in [6.07, 6.45) is -3.52. The number of hydrogen-bond acceptors (Lipinski definition) is 9. The van der Waals surface area contributed by atoms with E-state index in [1.165, 1.54) is 6.33 Å². The standard InChI is InChI=1S/C10H13N5O5/c11-10-14-7-4(12-2-13-7)8(15-10)19-1-3-5(16)6(17)9(18)20-3/h2-3,5-6,9,16-18H,1H2,(H3,11,12,13,14,15). The highest BCUT2D eigenvalue weighted by atomic mass is 16.7. The molecule has 1 aliphatic rings. The molecule has 4 atom stereocenters. The number of anilines is 1. The van der Waals surface area contributed by atoms with E-state index in [0.717, 1.165) is 0 Å². The fraction of sp³-hybridized carbons (Fsp3) is 0.500. The first kappa shape index (κ1) is 13.0. The second kappa shape index (κ2) is 4.83. The molecular weight excluding hydrogens is 270 g/mol. The van der Waals surface area contributed by atoms with Crippen molar-refractivity contribution in [2.45, 2.75) is 24.6 Å². The van der Waals surface area contributed by atoms with Gasteiger partial charge in [-0.1, -0.05) is 0 Å². The molecule has 2 aromatic rings. The lowest BCUT2D eigenvalue weighted by Gasteiger charge is -2.14. The third-order valence-corrected chi connectivity index (χ3v) is 2.99. The number of imidazole rings is 1. The summed E-state index contributed by atoms with van der Waals surface area (Å²) < 4.78 is 10.4. The fourth-order valence-electron chi connectivity index (χ4n) is 1.95. The van der Waals surface area contributed by atoms with Crippen LogP contribution in [0.2, 0.25) is 0 Å². The average Bonchev–Trinajstić information content (AvgIpc) is 2.97. The first-order chi connectivity index (χ1) is 9.56. The van der Waals surface area contributed by atoms with E-state index in [4.69, 9.17) is 15.2 Å². The van der Waals surface area contributed by atoms with Crippen LogP contribution in [0.4, 0.5) is 5.95 Å². The van der Waals surface area contributed by atoms with Gasteiger partial charge in [-0.2, -0.15) is 9.97 Å². The molecule has 0 radical (unpaired) electrons. The van der Waals surface area contributed by atoms with Crippen LogP contribution in [0.5, 0.6) is 5.88 Å². The van der Waals surface area contributed by atoms with Crippen LogP contribution in [0.25, 0.3) is 11.2 Å². The molecule has 0 saturated carbocycles. The third-order valence-electron chi connectivity index (χ3n) is 2.99. The van der Waals surface area contributed by atoms with E-state index in [2.05, 4.69) is 19.9 Å². The highest BCUT2D eigenvalue weighted by molar-refractivity contribution is 5.76. The predicted octanol–water partition coefficient (Wildman–Crippen LogP) is -2.25. The van der Waals surface area contributed by atoms with Gasteiger partial charge in [0.1, 0.15) is 30.4 Å². The molecule has 2 aromatic heterocycles. The molecule has 1 saturated heterocycles. The summed E-state index contributed by atoms with van der Waals surface area (Å²) in [5, 5.41) is 28.3. The van der Waals surface area contributed by atoms with Crippen LogP contribution >= 0.6 is 0 Å². The van der Waals surface area contributed by atoms with E-state index in [1.54, 1.807) is 0 Å². The Kier molecular flexibility index (Phi) is 3.14. The van der Waals surface area contributed by atoms with Gasteiger partial charge in [-0.15, -0.1) is 0 Å². The Morgan fingerprint density at radius 1 is 1.30 bits per heavy atom. The van der Waals surface area contributed by atoms with Crippen molar-refractivity contribution in [1.82, 2.24) is 19.9 Å². The predicted molar refractivity (Wildman–Crippen MR) is 64.5 cm³/mol. The van der Waals surface area contributed by atoms with Crippen LogP contribution in [-0.4, -0.2) is 66.5 Å². The van der Waals surface area contributed by atoms with Crippen LogP contribution in [0.1, 0.15) is 0 Å². The maximum absolute atomic E-state index is 9.64. The highest BCUT2D eigenvalue weighted by Gasteiger charge is 2.42. The molecule has 10 nitrogen and oxygen atoms in total. The van der Waals surface area contributed by atoms with Crippen LogP contribution in [-0.2, 0) is 4.74 Å². The summed E-state index contributed by atoms with van der Waals surface area (Å²) >= 11 is 0. The van der Waals surface area contributed by atoms with E-state index in [9.17, 15) is 15.3 Å². The molecule has 0 spiro atoms. The number of aromatic amines is 1. The Hall–Kier alpha value is -2.01. The van der Waals surface area contributed by atoms with Crippen molar-refractivity contribution in [2.24, 2.45) is 0 Å². The molecule has 0 amide bonds. The fourth-order valence-corrected chi connectivity index (χ4v) is 1.95. The molecule has 1 aliphatic heterocycles. The normalized spacial score (nSPS) is 29.9. The Balaban J connectivity index is 1.76. The van der Waals surface area contributed by atoms with E-state index in [1.807, 2.05) is 0 Å². The summed E-state index contributed by atoms with van der Waals surface area (Å²) in [4.78, 5) is 14.5. The van der Waals surface area contributed by atoms with Gasteiger partial charge in [-0.05, 0) is 0 Å². The third kappa shape index (κ3) is 2.14.